The molecule has 22 heavy (non-hydrogen) atoms. The molecule has 1 N–H and O–H groups in total. The number of ether oxygens (including phenoxy) is 1. The molecule has 1 aliphatic rings. The van der Waals surface area contributed by atoms with Gasteiger partial charge in [0.15, 0.2) is 0 Å². The first-order valence-electron chi connectivity index (χ1n) is 7.67. The van der Waals surface area contributed by atoms with Crippen molar-refractivity contribution in [3.05, 3.63) is 41.6 Å². The fourth-order valence-electron chi connectivity index (χ4n) is 2.90. The summed E-state index contributed by atoms with van der Waals surface area (Å²) in [4.78, 5) is 15.3. The zero-order valence-corrected chi connectivity index (χ0v) is 12.3. The highest BCUT2D eigenvalue weighted by molar-refractivity contribution is 6.01. The smallest absolute Gasteiger partial charge is 0.349 e. The van der Waals surface area contributed by atoms with Crippen molar-refractivity contribution in [2.24, 2.45) is 0 Å². The highest BCUT2D eigenvalue weighted by Gasteiger charge is 2.20. The molecule has 112 valence electrons. The number of nitrogens with zero attached hydrogens (tertiary/aromatic N) is 1. The summed E-state index contributed by atoms with van der Waals surface area (Å²) in [5, 5.41) is 10.3. The fourth-order valence-corrected chi connectivity index (χ4v) is 2.90. The largest absolute Gasteiger partial charge is 0.458 e. The Balaban J connectivity index is 1.80. The van der Waals surface area contributed by atoms with E-state index in [4.69, 9.17) is 4.74 Å². The third-order valence-corrected chi connectivity index (χ3v) is 4.09. The number of esters is 1. The normalized spacial score (nSPS) is 16.4. The maximum atomic E-state index is 12.2. The second kappa shape index (κ2) is 6.48. The van der Waals surface area contributed by atoms with E-state index in [0.717, 1.165) is 42.1 Å². The first kappa shape index (κ1) is 14.4. The zero-order chi connectivity index (χ0) is 15.4. The molecule has 0 unspecified atom stereocenters. The monoisotopic (exact) mass is 294 g/mol. The molecule has 0 bridgehead atoms. The summed E-state index contributed by atoms with van der Waals surface area (Å²) < 4.78 is 5.47. The lowest BCUT2D eigenvalue weighted by Gasteiger charge is -2.21. The van der Waals surface area contributed by atoms with Gasteiger partial charge in [0, 0.05) is 22.7 Å². The Bertz CT molecular complexity index is 746. The molecule has 2 aromatic rings. The van der Waals surface area contributed by atoms with Crippen molar-refractivity contribution in [3.63, 3.8) is 0 Å². The number of para-hydroxylation sites is 1. The Morgan fingerprint density at radius 3 is 2.82 bits per heavy atom. The number of benzene rings is 1. The minimum atomic E-state index is -0.514. The summed E-state index contributed by atoms with van der Waals surface area (Å²) in [6, 6.07) is 9.75. The molecule has 0 aliphatic heterocycles. The number of nitriles is 1. The lowest BCUT2D eigenvalue weighted by atomic mass is 9.98. The van der Waals surface area contributed by atoms with Gasteiger partial charge in [-0.2, -0.15) is 5.26 Å². The van der Waals surface area contributed by atoms with E-state index in [-0.39, 0.29) is 11.7 Å². The van der Waals surface area contributed by atoms with Gasteiger partial charge in [-0.1, -0.05) is 24.6 Å². The van der Waals surface area contributed by atoms with Gasteiger partial charge in [0.25, 0.3) is 0 Å². The van der Waals surface area contributed by atoms with Crippen molar-refractivity contribution < 1.29 is 9.53 Å². The molecule has 0 spiro atoms. The van der Waals surface area contributed by atoms with Gasteiger partial charge in [-0.3, -0.25) is 0 Å². The van der Waals surface area contributed by atoms with Crippen LogP contribution in [-0.4, -0.2) is 17.1 Å². The zero-order valence-electron chi connectivity index (χ0n) is 12.3. The molecular formula is C18H18N2O2. The third-order valence-electron chi connectivity index (χ3n) is 4.09. The number of nitrogens with one attached hydrogen (secondary N) is 1. The Hall–Kier alpha value is -2.54. The second-order valence-electron chi connectivity index (χ2n) is 5.62. The molecule has 1 saturated carbocycles. The van der Waals surface area contributed by atoms with Gasteiger partial charge in [0.05, 0.1) is 0 Å². The van der Waals surface area contributed by atoms with Crippen LogP contribution in [0.25, 0.3) is 17.0 Å². The third kappa shape index (κ3) is 3.04. The summed E-state index contributed by atoms with van der Waals surface area (Å²) >= 11 is 0. The molecule has 0 amide bonds. The van der Waals surface area contributed by atoms with Crippen LogP contribution in [-0.2, 0) is 9.53 Å². The summed E-state index contributed by atoms with van der Waals surface area (Å²) in [5.41, 5.74) is 1.86. The molecule has 1 aromatic carbocycles. The van der Waals surface area contributed by atoms with Gasteiger partial charge in [0.1, 0.15) is 17.7 Å². The highest BCUT2D eigenvalue weighted by Crippen LogP contribution is 2.23. The number of fused-ring (bicyclic) bond motifs is 1. The SMILES string of the molecule is N#C/C(=C\c1c[nH]c2ccccc12)C(=O)OC1CCCCC1. The molecule has 1 heterocycles. The number of hydrogen-bond donors (Lipinski definition) is 1. The van der Waals surface area contributed by atoms with E-state index < -0.39 is 5.97 Å². The van der Waals surface area contributed by atoms with E-state index in [1.54, 1.807) is 12.3 Å². The van der Waals surface area contributed by atoms with Crippen molar-refractivity contribution in [2.75, 3.05) is 0 Å². The van der Waals surface area contributed by atoms with Gasteiger partial charge < -0.3 is 9.72 Å². The number of aromatic amines is 1. The first-order chi connectivity index (χ1) is 10.8. The van der Waals surface area contributed by atoms with Crippen LogP contribution in [0.2, 0.25) is 0 Å². The van der Waals surface area contributed by atoms with Crippen LogP contribution in [0.1, 0.15) is 37.7 Å². The van der Waals surface area contributed by atoms with Gasteiger partial charge in [0.2, 0.25) is 0 Å². The fraction of sp³-hybridized carbons (Fsp3) is 0.333. The van der Waals surface area contributed by atoms with E-state index in [0.29, 0.717) is 0 Å². The number of carbonyl (C=O) groups excluding carboxylic acids is 1. The van der Waals surface area contributed by atoms with E-state index >= 15 is 0 Å². The molecule has 4 nitrogen and oxygen atoms in total. The van der Waals surface area contributed by atoms with Crippen LogP contribution < -0.4 is 0 Å². The molecule has 0 atom stereocenters. The first-order valence-corrected chi connectivity index (χ1v) is 7.67. The van der Waals surface area contributed by atoms with Crippen LogP contribution in [0, 0.1) is 11.3 Å². The topological polar surface area (TPSA) is 65.9 Å². The van der Waals surface area contributed by atoms with Gasteiger partial charge >= 0.3 is 5.97 Å². The van der Waals surface area contributed by atoms with Gasteiger partial charge in [-0.25, -0.2) is 4.79 Å². The summed E-state index contributed by atoms with van der Waals surface area (Å²) in [5.74, 6) is -0.514. The van der Waals surface area contributed by atoms with Crippen molar-refractivity contribution in [3.8, 4) is 6.07 Å². The van der Waals surface area contributed by atoms with Crippen LogP contribution in [0.3, 0.4) is 0 Å². The van der Waals surface area contributed by atoms with Crippen molar-refractivity contribution >= 4 is 22.9 Å². The lowest BCUT2D eigenvalue weighted by Crippen LogP contribution is -2.21. The van der Waals surface area contributed by atoms with Crippen molar-refractivity contribution in [1.82, 2.24) is 4.98 Å². The van der Waals surface area contributed by atoms with E-state index in [9.17, 15) is 10.1 Å². The maximum absolute atomic E-state index is 12.2. The van der Waals surface area contributed by atoms with E-state index in [2.05, 4.69) is 4.98 Å². The number of carbonyl (C=O) groups is 1. The molecule has 1 aliphatic carbocycles. The molecular weight excluding hydrogens is 276 g/mol. The van der Waals surface area contributed by atoms with Crippen molar-refractivity contribution in [2.45, 2.75) is 38.2 Å². The van der Waals surface area contributed by atoms with Crippen LogP contribution in [0.4, 0.5) is 0 Å². The van der Waals surface area contributed by atoms with Crippen LogP contribution >= 0.6 is 0 Å². The predicted molar refractivity (Wildman–Crippen MR) is 84.9 cm³/mol. The number of hydrogen-bond acceptors (Lipinski definition) is 3. The Kier molecular flexibility index (Phi) is 4.24. The summed E-state index contributed by atoms with van der Waals surface area (Å²) in [7, 11) is 0. The Morgan fingerprint density at radius 2 is 2.05 bits per heavy atom. The van der Waals surface area contributed by atoms with E-state index in [1.165, 1.54) is 6.42 Å². The molecule has 3 rings (SSSR count). The Morgan fingerprint density at radius 1 is 1.27 bits per heavy atom. The molecule has 0 saturated heterocycles. The lowest BCUT2D eigenvalue weighted by molar-refractivity contribution is -0.145. The summed E-state index contributed by atoms with van der Waals surface area (Å²) in [6.45, 7) is 0. The number of H-pyrrole nitrogens is 1. The van der Waals surface area contributed by atoms with Gasteiger partial charge in [-0.15, -0.1) is 0 Å². The minimum absolute atomic E-state index is 0.0408. The van der Waals surface area contributed by atoms with Crippen LogP contribution in [0.15, 0.2) is 36.0 Å². The Labute approximate surface area is 129 Å². The average Bonchev–Trinajstić information content (AvgIpc) is 2.96. The summed E-state index contributed by atoms with van der Waals surface area (Å²) in [6.07, 6.45) is 8.54. The molecule has 1 fully saturated rings. The van der Waals surface area contributed by atoms with E-state index in [1.807, 2.05) is 30.3 Å². The minimum Gasteiger partial charge on any atom is -0.458 e. The van der Waals surface area contributed by atoms with Crippen molar-refractivity contribution in [1.29, 1.82) is 5.26 Å². The quantitative estimate of drug-likeness (QED) is 0.529. The standard InChI is InChI=1S/C18H18N2O2/c19-11-13(18(21)22-15-6-2-1-3-7-15)10-14-12-20-17-9-5-4-8-16(14)17/h4-5,8-10,12,15,20H,1-3,6-7H2/b13-10+. The maximum Gasteiger partial charge on any atom is 0.349 e. The molecule has 0 radical (unpaired) electrons. The second-order valence-corrected chi connectivity index (χ2v) is 5.62. The molecule has 1 aromatic heterocycles. The highest BCUT2D eigenvalue weighted by atomic mass is 16.5. The number of aromatic nitrogens is 1. The molecule has 4 heteroatoms. The van der Waals surface area contributed by atoms with Crippen LogP contribution in [0.5, 0.6) is 0 Å². The predicted octanol–water partition coefficient (Wildman–Crippen LogP) is 3.95. The van der Waals surface area contributed by atoms with Gasteiger partial charge in [-0.05, 0) is 37.8 Å². The number of rotatable bonds is 3. The average molecular weight is 294 g/mol.